The first-order valence-corrected chi connectivity index (χ1v) is 16.7. The molecule has 5 amide bonds. The number of unbranched alkanes of at least 4 members (excludes halogenated alkanes) is 1. The summed E-state index contributed by atoms with van der Waals surface area (Å²) in [4.78, 5) is 72.6. The molecule has 45 heavy (non-hydrogen) atoms. The fraction of sp³-hybridized carbons (Fsp3) is 0.520. The van der Waals surface area contributed by atoms with Gasteiger partial charge >= 0.3 is 5.97 Å². The van der Waals surface area contributed by atoms with Crippen LogP contribution in [0.25, 0.3) is 0 Å². The molecule has 18 nitrogen and oxygen atoms in total. The Morgan fingerprint density at radius 1 is 0.756 bits per heavy atom. The normalized spacial score (nSPS) is 13.5. The van der Waals surface area contributed by atoms with Crippen molar-refractivity contribution in [1.82, 2.24) is 21.3 Å². The van der Waals surface area contributed by atoms with E-state index in [0.717, 1.165) is 5.56 Å². The molecule has 1 aromatic rings. The van der Waals surface area contributed by atoms with E-state index in [4.69, 9.17) is 10.8 Å². The van der Waals surface area contributed by atoms with E-state index in [-0.39, 0.29) is 31.7 Å². The molecule has 0 saturated heterocycles. The van der Waals surface area contributed by atoms with Crippen molar-refractivity contribution in [2.24, 2.45) is 5.73 Å². The summed E-state index contributed by atoms with van der Waals surface area (Å²) in [6.07, 6.45) is -0.586. The van der Waals surface area contributed by atoms with Crippen molar-refractivity contribution >= 4 is 55.7 Å². The first kappa shape index (κ1) is 38.9. The molecule has 9 N–H and O–H groups in total. The smallest absolute Gasteiger partial charge is 0.303 e. The average molecular weight is 680 g/mol. The van der Waals surface area contributed by atoms with Crippen LogP contribution in [-0.4, -0.2) is 103 Å². The predicted octanol–water partition coefficient (Wildman–Crippen LogP) is -2.13. The van der Waals surface area contributed by atoms with E-state index in [0.29, 0.717) is 12.0 Å². The maximum Gasteiger partial charge on any atom is 0.303 e. The highest BCUT2D eigenvalue weighted by molar-refractivity contribution is 7.86. The predicted molar refractivity (Wildman–Crippen MR) is 157 cm³/mol. The average Bonchev–Trinajstić information content (AvgIpc) is 2.89. The molecule has 252 valence electrons. The quantitative estimate of drug-likeness (QED) is 0.0540. The van der Waals surface area contributed by atoms with Gasteiger partial charge in [-0.3, -0.25) is 37.9 Å². The molecule has 0 aliphatic carbocycles. The molecule has 0 aliphatic rings. The number of primary amides is 1. The second kappa shape index (κ2) is 18.0. The van der Waals surface area contributed by atoms with Gasteiger partial charge in [0.05, 0.1) is 0 Å². The van der Waals surface area contributed by atoms with Gasteiger partial charge in [-0.1, -0.05) is 17.7 Å². The Hall–Kier alpha value is -4.14. The third kappa shape index (κ3) is 17.1. The molecule has 0 aliphatic heterocycles. The van der Waals surface area contributed by atoms with E-state index < -0.39 is 92.3 Å². The van der Waals surface area contributed by atoms with Crippen molar-refractivity contribution < 1.29 is 59.8 Å². The van der Waals surface area contributed by atoms with Gasteiger partial charge in [-0.15, -0.1) is 0 Å². The summed E-state index contributed by atoms with van der Waals surface area (Å²) in [5, 5.41) is 17.3. The molecule has 0 aromatic heterocycles. The Bertz CT molecular complexity index is 1450. The van der Waals surface area contributed by atoms with E-state index >= 15 is 0 Å². The number of benzene rings is 1. The summed E-state index contributed by atoms with van der Waals surface area (Å²) >= 11 is 0. The van der Waals surface area contributed by atoms with Crippen molar-refractivity contribution in [2.45, 2.75) is 63.6 Å². The van der Waals surface area contributed by atoms with Gasteiger partial charge < -0.3 is 32.1 Å². The Balaban J connectivity index is 2.89. The van der Waals surface area contributed by atoms with Crippen LogP contribution in [0.4, 0.5) is 0 Å². The third-order valence-electron chi connectivity index (χ3n) is 6.01. The number of carbonyl (C=O) groups excluding carboxylic acids is 5. The van der Waals surface area contributed by atoms with Gasteiger partial charge in [0.15, 0.2) is 0 Å². The molecule has 0 bridgehead atoms. The third-order valence-corrected chi connectivity index (χ3v) is 7.52. The number of carboxylic acids is 1. The molecule has 0 radical (unpaired) electrons. The van der Waals surface area contributed by atoms with Crippen LogP contribution < -0.4 is 27.0 Å². The van der Waals surface area contributed by atoms with Gasteiger partial charge in [-0.2, -0.15) is 16.8 Å². The number of carbonyl (C=O) groups is 6. The Morgan fingerprint density at radius 2 is 1.27 bits per heavy atom. The molecular formula is C25H37N5O13S2. The van der Waals surface area contributed by atoms with Crippen molar-refractivity contribution in [2.75, 3.05) is 18.1 Å². The van der Waals surface area contributed by atoms with Gasteiger partial charge in [0.25, 0.3) is 26.1 Å². The molecule has 0 unspecified atom stereocenters. The Labute approximate surface area is 259 Å². The maximum atomic E-state index is 12.9. The highest BCUT2D eigenvalue weighted by Crippen LogP contribution is 2.06. The molecule has 3 atom stereocenters. The summed E-state index contributed by atoms with van der Waals surface area (Å²) in [7, 11) is -9.91. The molecule has 1 aromatic carbocycles. The minimum absolute atomic E-state index is 0.0776. The molecular weight excluding hydrogens is 642 g/mol. The summed E-state index contributed by atoms with van der Waals surface area (Å²) in [6.45, 7) is 2.06. The van der Waals surface area contributed by atoms with Gasteiger partial charge in [0.2, 0.25) is 23.6 Å². The second-order valence-corrected chi connectivity index (χ2v) is 13.0. The minimum Gasteiger partial charge on any atom is -0.481 e. The number of aryl methyl sites for hydroxylation is 1. The zero-order chi connectivity index (χ0) is 34.4. The number of nitrogens with one attached hydrogen (secondary N) is 4. The van der Waals surface area contributed by atoms with Gasteiger partial charge in [-0.25, -0.2) is 0 Å². The van der Waals surface area contributed by atoms with Gasteiger partial charge in [0, 0.05) is 24.9 Å². The topological polar surface area (TPSA) is 306 Å². The highest BCUT2D eigenvalue weighted by atomic mass is 32.2. The first-order valence-electron chi connectivity index (χ1n) is 13.4. The standard InChI is InChI=1S/C25H37N5O13S2/c1-15-8-10-16(11-9-15)23(35)27-12-3-2-5-17(22(26)34)29-25(37)19(14-45(41,42)43)30-24(36)18(13-44(38,39)40)28-20(31)6-4-7-21(32)33/h8-11,17-19H,2-7,12-14H2,1H3,(H2,26,34)(H,27,35)(H,28,31)(H,29,37)(H,30,36)(H,32,33)(H,38,39,40)(H,41,42,43)/t17-,18-,19-/m0/s1. The Morgan fingerprint density at radius 3 is 1.76 bits per heavy atom. The Kier molecular flexibility index (Phi) is 15.5. The molecule has 0 fully saturated rings. The first-order chi connectivity index (χ1) is 20.8. The summed E-state index contributed by atoms with van der Waals surface area (Å²) in [5.74, 6) is -9.24. The van der Waals surface area contributed by atoms with Gasteiger partial charge in [0.1, 0.15) is 29.6 Å². The second-order valence-electron chi connectivity index (χ2n) is 10.0. The number of carboxylic acid groups (broad SMARTS) is 1. The molecule has 0 spiro atoms. The van der Waals surface area contributed by atoms with Gasteiger partial charge in [-0.05, 0) is 44.7 Å². The summed E-state index contributed by atoms with van der Waals surface area (Å²) in [6, 6.07) is 1.23. The van der Waals surface area contributed by atoms with Crippen LogP contribution in [0, 0.1) is 6.92 Å². The van der Waals surface area contributed by atoms with Crippen molar-refractivity contribution in [3.8, 4) is 0 Å². The lowest BCUT2D eigenvalue weighted by Gasteiger charge is -2.24. The zero-order valence-electron chi connectivity index (χ0n) is 24.2. The van der Waals surface area contributed by atoms with Crippen molar-refractivity contribution in [3.63, 3.8) is 0 Å². The largest absolute Gasteiger partial charge is 0.481 e. The van der Waals surface area contributed by atoms with E-state index in [1.807, 2.05) is 17.6 Å². The fourth-order valence-electron chi connectivity index (χ4n) is 3.77. The molecule has 1 rings (SSSR count). The maximum absolute atomic E-state index is 12.9. The van der Waals surface area contributed by atoms with Crippen molar-refractivity contribution in [1.29, 1.82) is 0 Å². The van der Waals surface area contributed by atoms with Crippen molar-refractivity contribution in [3.05, 3.63) is 35.4 Å². The lowest BCUT2D eigenvalue weighted by atomic mass is 10.1. The van der Waals surface area contributed by atoms with Crippen LogP contribution in [0.15, 0.2) is 24.3 Å². The van der Waals surface area contributed by atoms with Crippen LogP contribution in [-0.2, 0) is 44.2 Å². The fourth-order valence-corrected chi connectivity index (χ4v) is 5.08. The zero-order valence-corrected chi connectivity index (χ0v) is 25.9. The van der Waals surface area contributed by atoms with E-state index in [1.165, 1.54) is 0 Å². The number of aliphatic carboxylic acids is 1. The lowest BCUT2D eigenvalue weighted by Crippen LogP contribution is -2.59. The van der Waals surface area contributed by atoms with E-state index in [2.05, 4.69) is 10.6 Å². The van der Waals surface area contributed by atoms with Crippen LogP contribution in [0.2, 0.25) is 0 Å². The van der Waals surface area contributed by atoms with E-state index in [9.17, 15) is 54.7 Å². The molecule has 0 saturated carbocycles. The summed E-state index contributed by atoms with van der Waals surface area (Å²) < 4.78 is 64.5. The number of amides is 5. The lowest BCUT2D eigenvalue weighted by molar-refractivity contribution is -0.137. The van der Waals surface area contributed by atoms with Crippen LogP contribution in [0.3, 0.4) is 0 Å². The number of rotatable bonds is 20. The van der Waals surface area contributed by atoms with Crippen LogP contribution in [0.1, 0.15) is 54.4 Å². The molecule has 0 heterocycles. The number of hydrogen-bond acceptors (Lipinski definition) is 10. The highest BCUT2D eigenvalue weighted by Gasteiger charge is 2.33. The number of hydrogen-bond donors (Lipinski definition) is 8. The number of nitrogens with two attached hydrogens (primary N) is 1. The van der Waals surface area contributed by atoms with Crippen LogP contribution in [0.5, 0.6) is 0 Å². The van der Waals surface area contributed by atoms with E-state index in [1.54, 1.807) is 24.3 Å². The molecule has 20 heteroatoms. The SMILES string of the molecule is Cc1ccc(C(=O)NCCCC[C@H](NC(=O)[C@H](CS(=O)(=O)O)NC(=O)[C@H](CS(=O)(=O)O)NC(=O)CCCC(=O)O)C(N)=O)cc1. The minimum atomic E-state index is -4.97. The monoisotopic (exact) mass is 679 g/mol. The summed E-state index contributed by atoms with van der Waals surface area (Å²) in [5.41, 5.74) is 6.75. The van der Waals surface area contributed by atoms with Crippen LogP contribution >= 0.6 is 0 Å².